The summed E-state index contributed by atoms with van der Waals surface area (Å²) in [6.45, 7) is 4.88. The van der Waals surface area contributed by atoms with Crippen LogP contribution in [0.1, 0.15) is 25.7 Å². The molecule has 0 aliphatic carbocycles. The average molecular weight is 277 g/mol. The first-order chi connectivity index (χ1) is 9.86. The smallest absolute Gasteiger partial charge is 0.229 e. The van der Waals surface area contributed by atoms with Crippen LogP contribution in [0.2, 0.25) is 0 Å². The highest BCUT2D eigenvalue weighted by molar-refractivity contribution is 5.55. The number of hydrogen-bond donors (Lipinski definition) is 2. The summed E-state index contributed by atoms with van der Waals surface area (Å²) in [4.78, 5) is 13.9. The number of nitrogens with one attached hydrogen (secondary N) is 1. The SMILES string of the molecule is OCCNc1cc(N2CCCC2)nc(N2CCCC2)n1. The standard InChI is InChI=1S/C14H23N5O/c20-10-5-15-12-11-13(18-6-1-2-7-18)17-14(16-12)19-8-3-4-9-19/h11,20H,1-10H2,(H,15,16,17). The minimum absolute atomic E-state index is 0.113. The van der Waals surface area contributed by atoms with Crippen LogP contribution in [0.5, 0.6) is 0 Å². The van der Waals surface area contributed by atoms with E-state index in [0.717, 1.165) is 43.8 Å². The van der Waals surface area contributed by atoms with Gasteiger partial charge in [-0.05, 0) is 25.7 Å². The van der Waals surface area contributed by atoms with Gasteiger partial charge in [0.05, 0.1) is 6.61 Å². The molecule has 6 heteroatoms. The van der Waals surface area contributed by atoms with Gasteiger partial charge in [0, 0.05) is 38.8 Å². The molecule has 110 valence electrons. The van der Waals surface area contributed by atoms with Crippen LogP contribution < -0.4 is 15.1 Å². The van der Waals surface area contributed by atoms with Gasteiger partial charge in [0.2, 0.25) is 5.95 Å². The van der Waals surface area contributed by atoms with Crippen molar-refractivity contribution in [2.75, 3.05) is 54.4 Å². The Morgan fingerprint density at radius 2 is 1.65 bits per heavy atom. The molecule has 2 aliphatic heterocycles. The van der Waals surface area contributed by atoms with Gasteiger partial charge in [-0.3, -0.25) is 0 Å². The van der Waals surface area contributed by atoms with E-state index < -0.39 is 0 Å². The molecule has 1 aromatic heterocycles. The summed E-state index contributed by atoms with van der Waals surface area (Å²) in [7, 11) is 0. The summed E-state index contributed by atoms with van der Waals surface area (Å²) in [5, 5.41) is 12.1. The molecule has 1 aromatic rings. The molecule has 0 spiro atoms. The van der Waals surface area contributed by atoms with Crippen LogP contribution in [0, 0.1) is 0 Å². The molecule has 0 bridgehead atoms. The monoisotopic (exact) mass is 277 g/mol. The van der Waals surface area contributed by atoms with Crippen LogP contribution in [-0.2, 0) is 0 Å². The quantitative estimate of drug-likeness (QED) is 0.840. The zero-order valence-corrected chi connectivity index (χ0v) is 11.9. The minimum atomic E-state index is 0.113. The third-order valence-corrected chi connectivity index (χ3v) is 3.94. The topological polar surface area (TPSA) is 64.5 Å². The summed E-state index contributed by atoms with van der Waals surface area (Å²) in [5.74, 6) is 2.66. The number of hydrogen-bond acceptors (Lipinski definition) is 6. The third-order valence-electron chi connectivity index (χ3n) is 3.94. The van der Waals surface area contributed by atoms with E-state index >= 15 is 0 Å². The van der Waals surface area contributed by atoms with Gasteiger partial charge in [-0.25, -0.2) is 0 Å². The van der Waals surface area contributed by atoms with Crippen LogP contribution in [0.3, 0.4) is 0 Å². The van der Waals surface area contributed by atoms with Gasteiger partial charge in [0.25, 0.3) is 0 Å². The predicted molar refractivity (Wildman–Crippen MR) is 80.5 cm³/mol. The van der Waals surface area contributed by atoms with Gasteiger partial charge in [-0.1, -0.05) is 0 Å². The molecular formula is C14H23N5O. The highest BCUT2D eigenvalue weighted by Crippen LogP contribution is 2.25. The van der Waals surface area contributed by atoms with Crippen molar-refractivity contribution in [3.05, 3.63) is 6.07 Å². The molecule has 0 aromatic carbocycles. The normalized spacial score (nSPS) is 18.9. The largest absolute Gasteiger partial charge is 0.395 e. The number of aromatic nitrogens is 2. The first-order valence-electron chi connectivity index (χ1n) is 7.60. The first kappa shape index (κ1) is 13.4. The van der Waals surface area contributed by atoms with E-state index in [2.05, 4.69) is 20.1 Å². The highest BCUT2D eigenvalue weighted by atomic mass is 16.3. The Morgan fingerprint density at radius 3 is 2.30 bits per heavy atom. The van der Waals surface area contributed by atoms with E-state index in [0.29, 0.717) is 6.54 Å². The molecule has 0 radical (unpaired) electrons. The molecule has 0 atom stereocenters. The summed E-state index contributed by atoms with van der Waals surface area (Å²) in [6, 6.07) is 2.00. The Labute approximate surface area is 119 Å². The third kappa shape index (κ3) is 2.95. The van der Waals surface area contributed by atoms with Gasteiger partial charge >= 0.3 is 0 Å². The maximum absolute atomic E-state index is 8.96. The molecule has 2 N–H and O–H groups in total. The molecule has 6 nitrogen and oxygen atoms in total. The van der Waals surface area contributed by atoms with E-state index in [9.17, 15) is 0 Å². The molecule has 0 unspecified atom stereocenters. The van der Waals surface area contributed by atoms with E-state index in [4.69, 9.17) is 10.1 Å². The average Bonchev–Trinajstić information content (AvgIpc) is 3.17. The zero-order chi connectivity index (χ0) is 13.8. The van der Waals surface area contributed by atoms with Gasteiger partial charge in [-0.2, -0.15) is 9.97 Å². The lowest BCUT2D eigenvalue weighted by Crippen LogP contribution is -2.25. The molecule has 2 fully saturated rings. The fraction of sp³-hybridized carbons (Fsp3) is 0.714. The number of nitrogens with zero attached hydrogens (tertiary/aromatic N) is 4. The van der Waals surface area contributed by atoms with Crippen LogP contribution in [0.25, 0.3) is 0 Å². The Hall–Kier alpha value is -1.56. The second-order valence-corrected chi connectivity index (χ2v) is 5.45. The van der Waals surface area contributed by atoms with E-state index in [1.165, 1.54) is 25.7 Å². The predicted octanol–water partition coefficient (Wildman–Crippen LogP) is 1.08. The van der Waals surface area contributed by atoms with Gasteiger partial charge < -0.3 is 20.2 Å². The summed E-state index contributed by atoms with van der Waals surface area (Å²) in [5.41, 5.74) is 0. The number of rotatable bonds is 5. The lowest BCUT2D eigenvalue weighted by Gasteiger charge is -2.21. The maximum Gasteiger partial charge on any atom is 0.229 e. The lowest BCUT2D eigenvalue weighted by molar-refractivity contribution is 0.311. The summed E-state index contributed by atoms with van der Waals surface area (Å²) < 4.78 is 0. The van der Waals surface area contributed by atoms with Crippen molar-refractivity contribution in [2.45, 2.75) is 25.7 Å². The molecule has 2 saturated heterocycles. The fourth-order valence-electron chi connectivity index (χ4n) is 2.86. The molecule has 3 heterocycles. The van der Waals surface area contributed by atoms with E-state index in [1.807, 2.05) is 6.07 Å². The van der Waals surface area contributed by atoms with Crippen molar-refractivity contribution in [3.8, 4) is 0 Å². The van der Waals surface area contributed by atoms with E-state index in [1.54, 1.807) is 0 Å². The highest BCUT2D eigenvalue weighted by Gasteiger charge is 2.20. The Bertz CT molecular complexity index is 407. The Kier molecular flexibility index (Phi) is 4.20. The summed E-state index contributed by atoms with van der Waals surface area (Å²) >= 11 is 0. The summed E-state index contributed by atoms with van der Waals surface area (Å²) in [6.07, 6.45) is 4.91. The Morgan fingerprint density at radius 1 is 1.00 bits per heavy atom. The zero-order valence-electron chi connectivity index (χ0n) is 11.9. The second-order valence-electron chi connectivity index (χ2n) is 5.45. The van der Waals surface area contributed by atoms with Crippen LogP contribution in [-0.4, -0.2) is 54.4 Å². The molecule has 20 heavy (non-hydrogen) atoms. The van der Waals surface area contributed by atoms with Gasteiger partial charge in [0.1, 0.15) is 11.6 Å². The van der Waals surface area contributed by atoms with Crippen LogP contribution in [0.15, 0.2) is 6.07 Å². The Balaban J connectivity index is 1.85. The van der Waals surface area contributed by atoms with Crippen molar-refractivity contribution in [3.63, 3.8) is 0 Å². The molecule has 3 rings (SSSR count). The van der Waals surface area contributed by atoms with Crippen molar-refractivity contribution >= 4 is 17.6 Å². The van der Waals surface area contributed by atoms with Gasteiger partial charge in [-0.15, -0.1) is 0 Å². The first-order valence-corrected chi connectivity index (χ1v) is 7.60. The number of aliphatic hydroxyl groups is 1. The van der Waals surface area contributed by atoms with E-state index in [-0.39, 0.29) is 6.61 Å². The molecular weight excluding hydrogens is 254 g/mol. The van der Waals surface area contributed by atoms with Crippen molar-refractivity contribution < 1.29 is 5.11 Å². The van der Waals surface area contributed by atoms with Gasteiger partial charge in [0.15, 0.2) is 0 Å². The van der Waals surface area contributed by atoms with Crippen molar-refractivity contribution in [2.24, 2.45) is 0 Å². The minimum Gasteiger partial charge on any atom is -0.395 e. The molecule has 0 amide bonds. The second kappa shape index (κ2) is 6.26. The lowest BCUT2D eigenvalue weighted by atomic mass is 10.4. The van der Waals surface area contributed by atoms with Crippen LogP contribution >= 0.6 is 0 Å². The maximum atomic E-state index is 8.96. The van der Waals surface area contributed by atoms with Crippen molar-refractivity contribution in [1.82, 2.24) is 9.97 Å². The number of anilines is 3. The molecule has 2 aliphatic rings. The van der Waals surface area contributed by atoms with Crippen molar-refractivity contribution in [1.29, 1.82) is 0 Å². The fourth-order valence-corrected chi connectivity index (χ4v) is 2.86. The van der Waals surface area contributed by atoms with Crippen LogP contribution in [0.4, 0.5) is 17.6 Å². The number of aliphatic hydroxyl groups excluding tert-OH is 1. The molecule has 0 saturated carbocycles.